The first-order valence-corrected chi connectivity index (χ1v) is 9.08. The highest BCUT2D eigenvalue weighted by Crippen LogP contribution is 2.33. The Morgan fingerprint density at radius 1 is 1.00 bits per heavy atom. The van der Waals surface area contributed by atoms with Crippen LogP contribution in [0.4, 0.5) is 5.69 Å². The smallest absolute Gasteiger partial charge is 0.261 e. The lowest BCUT2D eigenvalue weighted by Crippen LogP contribution is -2.13. The molecule has 23 heavy (non-hydrogen) atoms. The number of rotatable bonds is 4. The number of nitrogens with one attached hydrogen (secondary N) is 1. The molecule has 0 radical (unpaired) electrons. The van der Waals surface area contributed by atoms with Crippen molar-refractivity contribution in [2.24, 2.45) is 0 Å². The van der Waals surface area contributed by atoms with Crippen LogP contribution < -0.4 is 14.2 Å². The molecule has 0 saturated heterocycles. The summed E-state index contributed by atoms with van der Waals surface area (Å²) in [5.41, 5.74) is 1.55. The number of sulfonamides is 1. The monoisotopic (exact) mass is 333 g/mol. The van der Waals surface area contributed by atoms with Crippen molar-refractivity contribution in [3.63, 3.8) is 0 Å². The zero-order valence-electron chi connectivity index (χ0n) is 12.9. The summed E-state index contributed by atoms with van der Waals surface area (Å²) >= 11 is 0. The van der Waals surface area contributed by atoms with E-state index in [1.165, 1.54) is 0 Å². The van der Waals surface area contributed by atoms with E-state index in [1.54, 1.807) is 30.3 Å². The average Bonchev–Trinajstić information content (AvgIpc) is 2.79. The first-order chi connectivity index (χ1) is 11.1. The SMILES string of the molecule is CCc1ccc(S(=O)(=O)Nc2ccc3c(c2)OCCCO3)cc1. The van der Waals surface area contributed by atoms with E-state index >= 15 is 0 Å². The number of aryl methyl sites for hydroxylation is 1. The van der Waals surface area contributed by atoms with Gasteiger partial charge in [-0.3, -0.25) is 4.72 Å². The molecular formula is C17H19NO4S. The molecule has 0 unspecified atom stereocenters. The lowest BCUT2D eigenvalue weighted by molar-refractivity contribution is 0.297. The molecule has 3 rings (SSSR count). The van der Waals surface area contributed by atoms with Crippen LogP contribution >= 0.6 is 0 Å². The van der Waals surface area contributed by atoms with Gasteiger partial charge in [-0.1, -0.05) is 19.1 Å². The molecule has 0 aliphatic carbocycles. The molecule has 1 N–H and O–H groups in total. The summed E-state index contributed by atoms with van der Waals surface area (Å²) in [6.45, 7) is 3.18. The second-order valence-corrected chi connectivity index (χ2v) is 7.00. The van der Waals surface area contributed by atoms with Crippen molar-refractivity contribution < 1.29 is 17.9 Å². The summed E-state index contributed by atoms with van der Waals surface area (Å²) in [6, 6.07) is 11.9. The fraction of sp³-hybridized carbons (Fsp3) is 0.294. The molecule has 0 bridgehead atoms. The number of hydrogen-bond acceptors (Lipinski definition) is 4. The molecule has 0 saturated carbocycles. The minimum absolute atomic E-state index is 0.238. The van der Waals surface area contributed by atoms with Crippen LogP contribution in [0.3, 0.4) is 0 Å². The number of fused-ring (bicyclic) bond motifs is 1. The largest absolute Gasteiger partial charge is 0.490 e. The van der Waals surface area contributed by atoms with E-state index in [4.69, 9.17) is 9.47 Å². The van der Waals surface area contributed by atoms with E-state index in [0.717, 1.165) is 18.4 Å². The van der Waals surface area contributed by atoms with Gasteiger partial charge < -0.3 is 9.47 Å². The fourth-order valence-corrected chi connectivity index (χ4v) is 3.39. The predicted molar refractivity (Wildman–Crippen MR) is 88.7 cm³/mol. The van der Waals surface area contributed by atoms with Crippen LogP contribution in [0.15, 0.2) is 47.4 Å². The van der Waals surface area contributed by atoms with E-state index < -0.39 is 10.0 Å². The first kappa shape index (κ1) is 15.7. The van der Waals surface area contributed by atoms with Crippen LogP contribution in [0.25, 0.3) is 0 Å². The Morgan fingerprint density at radius 3 is 2.39 bits per heavy atom. The summed E-state index contributed by atoms with van der Waals surface area (Å²) in [7, 11) is -3.62. The highest BCUT2D eigenvalue weighted by molar-refractivity contribution is 7.92. The van der Waals surface area contributed by atoms with Crippen molar-refractivity contribution >= 4 is 15.7 Å². The molecule has 2 aromatic rings. The van der Waals surface area contributed by atoms with Gasteiger partial charge in [-0.05, 0) is 36.2 Å². The maximum absolute atomic E-state index is 12.5. The van der Waals surface area contributed by atoms with Gasteiger partial charge in [0, 0.05) is 12.5 Å². The van der Waals surface area contributed by atoms with Gasteiger partial charge in [-0.25, -0.2) is 8.42 Å². The summed E-state index contributed by atoms with van der Waals surface area (Å²) < 4.78 is 38.6. The molecule has 1 aliphatic heterocycles. The van der Waals surface area contributed by atoms with E-state index in [9.17, 15) is 8.42 Å². The van der Waals surface area contributed by atoms with E-state index in [2.05, 4.69) is 4.72 Å². The first-order valence-electron chi connectivity index (χ1n) is 7.60. The maximum Gasteiger partial charge on any atom is 0.261 e. The molecule has 6 heteroatoms. The molecule has 0 atom stereocenters. The minimum atomic E-state index is -3.62. The molecule has 122 valence electrons. The van der Waals surface area contributed by atoms with Gasteiger partial charge in [0.25, 0.3) is 10.0 Å². The Hall–Kier alpha value is -2.21. The Kier molecular flexibility index (Phi) is 4.43. The zero-order valence-corrected chi connectivity index (χ0v) is 13.7. The van der Waals surface area contributed by atoms with Crippen molar-refractivity contribution in [3.8, 4) is 11.5 Å². The Bertz CT molecular complexity index is 785. The molecule has 0 spiro atoms. The molecule has 5 nitrogen and oxygen atoms in total. The lowest BCUT2D eigenvalue weighted by Gasteiger charge is -2.12. The second-order valence-electron chi connectivity index (χ2n) is 5.31. The number of anilines is 1. The van der Waals surface area contributed by atoms with Gasteiger partial charge in [0.1, 0.15) is 0 Å². The predicted octanol–water partition coefficient (Wildman–Crippen LogP) is 3.21. The molecule has 2 aromatic carbocycles. The fourth-order valence-electron chi connectivity index (χ4n) is 2.35. The van der Waals surface area contributed by atoms with Crippen molar-refractivity contribution in [1.29, 1.82) is 0 Å². The standard InChI is InChI=1S/C17H19NO4S/c1-2-13-4-7-15(8-5-13)23(19,20)18-14-6-9-16-17(12-14)22-11-3-10-21-16/h4-9,12,18H,2-3,10-11H2,1H3. The molecule has 1 heterocycles. The summed E-state index contributed by atoms with van der Waals surface area (Å²) in [5, 5.41) is 0. The summed E-state index contributed by atoms with van der Waals surface area (Å²) in [5.74, 6) is 1.20. The van der Waals surface area contributed by atoms with Crippen LogP contribution in [0, 0.1) is 0 Å². The van der Waals surface area contributed by atoms with E-state index in [-0.39, 0.29) is 4.90 Å². The molecule has 0 amide bonds. The normalized spacial score (nSPS) is 14.1. The highest BCUT2D eigenvalue weighted by Gasteiger charge is 2.16. The second kappa shape index (κ2) is 6.50. The molecule has 0 aromatic heterocycles. The van der Waals surface area contributed by atoms with Crippen LogP contribution in [0.1, 0.15) is 18.9 Å². The Balaban J connectivity index is 1.83. The van der Waals surface area contributed by atoms with Gasteiger partial charge in [-0.15, -0.1) is 0 Å². The number of benzene rings is 2. The lowest BCUT2D eigenvalue weighted by atomic mass is 10.2. The zero-order chi connectivity index (χ0) is 16.3. The third-order valence-corrected chi connectivity index (χ3v) is 5.04. The van der Waals surface area contributed by atoms with E-state index in [1.807, 2.05) is 19.1 Å². The highest BCUT2D eigenvalue weighted by atomic mass is 32.2. The molecule has 0 fully saturated rings. The third kappa shape index (κ3) is 3.59. The Labute approximate surface area is 136 Å². The molecular weight excluding hydrogens is 314 g/mol. The summed E-state index contributed by atoms with van der Waals surface area (Å²) in [4.78, 5) is 0.238. The topological polar surface area (TPSA) is 64.6 Å². The van der Waals surface area contributed by atoms with Crippen molar-refractivity contribution in [2.75, 3.05) is 17.9 Å². The van der Waals surface area contributed by atoms with Gasteiger partial charge >= 0.3 is 0 Å². The van der Waals surface area contributed by atoms with Gasteiger partial charge in [0.15, 0.2) is 11.5 Å². The Morgan fingerprint density at radius 2 is 1.70 bits per heavy atom. The van der Waals surface area contributed by atoms with Gasteiger partial charge in [0.2, 0.25) is 0 Å². The van der Waals surface area contributed by atoms with Crippen LogP contribution in [-0.4, -0.2) is 21.6 Å². The summed E-state index contributed by atoms with van der Waals surface area (Å²) in [6.07, 6.45) is 1.68. The number of ether oxygens (including phenoxy) is 2. The average molecular weight is 333 g/mol. The maximum atomic E-state index is 12.5. The minimum Gasteiger partial charge on any atom is -0.490 e. The number of hydrogen-bond donors (Lipinski definition) is 1. The van der Waals surface area contributed by atoms with Crippen molar-refractivity contribution in [3.05, 3.63) is 48.0 Å². The molecule has 1 aliphatic rings. The third-order valence-electron chi connectivity index (χ3n) is 3.64. The van der Waals surface area contributed by atoms with Crippen molar-refractivity contribution in [1.82, 2.24) is 0 Å². The van der Waals surface area contributed by atoms with Crippen LogP contribution in [0.2, 0.25) is 0 Å². The van der Waals surface area contributed by atoms with Gasteiger partial charge in [-0.2, -0.15) is 0 Å². The van der Waals surface area contributed by atoms with Gasteiger partial charge in [0.05, 0.1) is 23.8 Å². The van der Waals surface area contributed by atoms with Crippen molar-refractivity contribution in [2.45, 2.75) is 24.7 Å². The van der Waals surface area contributed by atoms with E-state index in [0.29, 0.717) is 30.4 Å². The van der Waals surface area contributed by atoms with Crippen LogP contribution in [-0.2, 0) is 16.4 Å². The quantitative estimate of drug-likeness (QED) is 0.933. The van der Waals surface area contributed by atoms with Crippen LogP contribution in [0.5, 0.6) is 11.5 Å².